The molecule has 0 bridgehead atoms. The zero-order chi connectivity index (χ0) is 19.4. The molecule has 1 heterocycles. The molecule has 1 amide bonds. The highest BCUT2D eigenvalue weighted by molar-refractivity contribution is 6.44. The van der Waals surface area contributed by atoms with Crippen molar-refractivity contribution in [3.05, 3.63) is 50.8 Å². The topological polar surface area (TPSA) is 97.5 Å². The van der Waals surface area contributed by atoms with Crippen molar-refractivity contribution in [3.8, 4) is 0 Å². The molecule has 0 aliphatic rings. The van der Waals surface area contributed by atoms with Crippen LogP contribution >= 0.6 is 23.2 Å². The number of hydrogen-bond donors (Lipinski definition) is 2. The minimum atomic E-state index is -0.770. The van der Waals surface area contributed by atoms with E-state index < -0.39 is 24.5 Å². The van der Waals surface area contributed by atoms with Crippen LogP contribution in [0.3, 0.4) is 0 Å². The van der Waals surface area contributed by atoms with Crippen molar-refractivity contribution < 1.29 is 23.9 Å². The molecule has 0 saturated carbocycles. The van der Waals surface area contributed by atoms with Crippen LogP contribution in [0.5, 0.6) is 0 Å². The summed E-state index contributed by atoms with van der Waals surface area (Å²) in [5.41, 5.74) is 1.50. The Morgan fingerprint density at radius 1 is 1.15 bits per heavy atom. The van der Waals surface area contributed by atoms with Crippen LogP contribution in [0.1, 0.15) is 32.1 Å². The number of carbonyl (C=O) groups is 3. The Hall–Kier alpha value is -2.51. The van der Waals surface area contributed by atoms with Gasteiger partial charge in [0, 0.05) is 5.69 Å². The maximum absolute atomic E-state index is 12.2. The van der Waals surface area contributed by atoms with E-state index in [9.17, 15) is 14.4 Å². The van der Waals surface area contributed by atoms with Crippen molar-refractivity contribution in [1.82, 2.24) is 4.98 Å². The van der Waals surface area contributed by atoms with E-state index >= 15 is 0 Å². The molecule has 2 rings (SSSR count). The van der Waals surface area contributed by atoms with Crippen LogP contribution in [-0.4, -0.2) is 36.5 Å². The lowest BCUT2D eigenvalue weighted by atomic mass is 10.1. The van der Waals surface area contributed by atoms with Gasteiger partial charge in [-0.25, -0.2) is 9.59 Å². The standard InChI is InChI=1S/C17H16Cl2N2O5/c1-8-13(16(23)25-3)9(2)20-15(8)17(24)26-7-12(22)21-11-6-4-5-10(18)14(11)19/h4-6,20H,7H2,1-3H3,(H,21,22). The number of aromatic nitrogens is 1. The zero-order valence-electron chi connectivity index (χ0n) is 14.2. The molecule has 0 fully saturated rings. The number of nitrogens with one attached hydrogen (secondary N) is 2. The molecule has 9 heteroatoms. The predicted molar refractivity (Wildman–Crippen MR) is 97.0 cm³/mol. The van der Waals surface area contributed by atoms with Crippen LogP contribution in [0, 0.1) is 13.8 Å². The molecular formula is C17H16Cl2N2O5. The molecule has 0 aliphatic heterocycles. The third kappa shape index (κ3) is 4.17. The van der Waals surface area contributed by atoms with Crippen molar-refractivity contribution in [1.29, 1.82) is 0 Å². The Kier molecular flexibility index (Phi) is 6.28. The maximum atomic E-state index is 12.2. The number of aromatic amines is 1. The number of amides is 1. The molecule has 0 aliphatic carbocycles. The van der Waals surface area contributed by atoms with Gasteiger partial charge in [-0.15, -0.1) is 0 Å². The molecule has 2 aromatic rings. The van der Waals surface area contributed by atoms with Gasteiger partial charge in [0.2, 0.25) is 0 Å². The molecule has 0 atom stereocenters. The van der Waals surface area contributed by atoms with E-state index in [2.05, 4.69) is 15.0 Å². The number of benzene rings is 1. The lowest BCUT2D eigenvalue weighted by Crippen LogP contribution is -2.21. The molecule has 1 aromatic carbocycles. The first kappa shape index (κ1) is 19.8. The fourth-order valence-electron chi connectivity index (χ4n) is 2.35. The highest BCUT2D eigenvalue weighted by Crippen LogP contribution is 2.29. The predicted octanol–water partition coefficient (Wildman–Crippen LogP) is 3.52. The number of hydrogen-bond acceptors (Lipinski definition) is 5. The smallest absolute Gasteiger partial charge is 0.355 e. The SMILES string of the molecule is COC(=O)c1c(C)[nH]c(C(=O)OCC(=O)Nc2cccc(Cl)c2Cl)c1C. The van der Waals surface area contributed by atoms with E-state index in [1.54, 1.807) is 32.0 Å². The first-order valence-corrected chi connectivity index (χ1v) is 8.20. The Bertz CT molecular complexity index is 876. The second-order valence-corrected chi connectivity index (χ2v) is 6.13. The number of anilines is 1. The molecule has 0 radical (unpaired) electrons. The number of aryl methyl sites for hydroxylation is 1. The van der Waals surface area contributed by atoms with Gasteiger partial charge in [-0.1, -0.05) is 29.3 Å². The van der Waals surface area contributed by atoms with Gasteiger partial charge in [-0.05, 0) is 31.5 Å². The van der Waals surface area contributed by atoms with Gasteiger partial charge in [-0.3, -0.25) is 4.79 Å². The number of halogens is 2. The number of carbonyl (C=O) groups excluding carboxylic acids is 3. The summed E-state index contributed by atoms with van der Waals surface area (Å²) in [7, 11) is 1.25. The van der Waals surface area contributed by atoms with Gasteiger partial charge in [0.15, 0.2) is 6.61 Å². The maximum Gasteiger partial charge on any atom is 0.355 e. The third-order valence-electron chi connectivity index (χ3n) is 3.59. The lowest BCUT2D eigenvalue weighted by molar-refractivity contribution is -0.119. The molecule has 138 valence electrons. The first-order valence-electron chi connectivity index (χ1n) is 7.44. The number of esters is 2. The van der Waals surface area contributed by atoms with Crippen LogP contribution < -0.4 is 5.32 Å². The van der Waals surface area contributed by atoms with E-state index in [-0.39, 0.29) is 21.3 Å². The average Bonchev–Trinajstić information content (AvgIpc) is 2.90. The molecular weight excluding hydrogens is 383 g/mol. The second-order valence-electron chi connectivity index (χ2n) is 5.34. The molecule has 2 N–H and O–H groups in total. The van der Waals surface area contributed by atoms with Crippen LogP contribution in [-0.2, 0) is 14.3 Å². The number of ether oxygens (including phenoxy) is 2. The third-order valence-corrected chi connectivity index (χ3v) is 4.41. The summed E-state index contributed by atoms with van der Waals surface area (Å²) < 4.78 is 9.66. The monoisotopic (exact) mass is 398 g/mol. The Morgan fingerprint density at radius 2 is 1.85 bits per heavy atom. The molecule has 0 saturated heterocycles. The average molecular weight is 399 g/mol. The van der Waals surface area contributed by atoms with Gasteiger partial charge in [0.1, 0.15) is 5.69 Å². The highest BCUT2D eigenvalue weighted by Gasteiger charge is 2.23. The van der Waals surface area contributed by atoms with Crippen molar-refractivity contribution in [2.45, 2.75) is 13.8 Å². The largest absolute Gasteiger partial charge is 0.465 e. The quantitative estimate of drug-likeness (QED) is 0.750. The summed E-state index contributed by atoms with van der Waals surface area (Å²) >= 11 is 11.8. The van der Waals surface area contributed by atoms with E-state index in [0.29, 0.717) is 16.9 Å². The first-order chi connectivity index (χ1) is 12.3. The Balaban J connectivity index is 2.04. The van der Waals surface area contributed by atoms with Crippen LogP contribution in [0.25, 0.3) is 0 Å². The molecule has 0 spiro atoms. The van der Waals surface area contributed by atoms with Crippen LogP contribution in [0.15, 0.2) is 18.2 Å². The van der Waals surface area contributed by atoms with Crippen molar-refractivity contribution in [2.24, 2.45) is 0 Å². The van der Waals surface area contributed by atoms with Gasteiger partial charge in [0.05, 0.1) is 28.4 Å². The summed E-state index contributed by atoms with van der Waals surface area (Å²) in [5, 5.41) is 2.97. The molecule has 7 nitrogen and oxygen atoms in total. The highest BCUT2D eigenvalue weighted by atomic mass is 35.5. The molecule has 0 unspecified atom stereocenters. The van der Waals surface area contributed by atoms with Crippen molar-refractivity contribution >= 4 is 46.7 Å². The van der Waals surface area contributed by atoms with E-state index in [1.165, 1.54) is 7.11 Å². The van der Waals surface area contributed by atoms with E-state index in [0.717, 1.165) is 0 Å². The van der Waals surface area contributed by atoms with Gasteiger partial charge in [0.25, 0.3) is 5.91 Å². The van der Waals surface area contributed by atoms with Crippen molar-refractivity contribution in [2.75, 3.05) is 19.0 Å². The summed E-state index contributed by atoms with van der Waals surface area (Å²) in [5.74, 6) is -1.92. The van der Waals surface area contributed by atoms with Gasteiger partial charge < -0.3 is 19.8 Å². The minimum absolute atomic E-state index is 0.0801. The fourth-order valence-corrected chi connectivity index (χ4v) is 2.70. The fraction of sp³-hybridized carbons (Fsp3) is 0.235. The Labute approximate surface area is 159 Å². The van der Waals surface area contributed by atoms with E-state index in [1.807, 2.05) is 0 Å². The number of H-pyrrole nitrogens is 1. The summed E-state index contributed by atoms with van der Waals surface area (Å²) in [6, 6.07) is 4.76. The summed E-state index contributed by atoms with van der Waals surface area (Å²) in [4.78, 5) is 38.6. The van der Waals surface area contributed by atoms with Crippen molar-refractivity contribution in [3.63, 3.8) is 0 Å². The Morgan fingerprint density at radius 3 is 2.50 bits per heavy atom. The zero-order valence-corrected chi connectivity index (χ0v) is 15.7. The van der Waals surface area contributed by atoms with E-state index in [4.69, 9.17) is 27.9 Å². The number of rotatable bonds is 5. The summed E-state index contributed by atoms with van der Waals surface area (Å²) in [6.07, 6.45) is 0. The molecule has 1 aromatic heterocycles. The molecule has 26 heavy (non-hydrogen) atoms. The lowest BCUT2D eigenvalue weighted by Gasteiger charge is -2.08. The van der Waals surface area contributed by atoms with Crippen LogP contribution in [0.4, 0.5) is 5.69 Å². The normalized spacial score (nSPS) is 10.3. The number of methoxy groups -OCH3 is 1. The van der Waals surface area contributed by atoms with Gasteiger partial charge in [-0.2, -0.15) is 0 Å². The minimum Gasteiger partial charge on any atom is -0.465 e. The second kappa shape index (κ2) is 8.25. The summed E-state index contributed by atoms with van der Waals surface area (Å²) in [6.45, 7) is 2.68. The van der Waals surface area contributed by atoms with Gasteiger partial charge >= 0.3 is 11.9 Å². The van der Waals surface area contributed by atoms with Crippen LogP contribution in [0.2, 0.25) is 10.0 Å².